The summed E-state index contributed by atoms with van der Waals surface area (Å²) >= 11 is 0. The van der Waals surface area contributed by atoms with E-state index in [1.54, 1.807) is 31.2 Å². The van der Waals surface area contributed by atoms with Crippen molar-refractivity contribution < 1.29 is 19.1 Å². The molecule has 3 aliphatic heterocycles. The second-order valence-electron chi connectivity index (χ2n) is 7.64. The van der Waals surface area contributed by atoms with Gasteiger partial charge in [-0.3, -0.25) is 14.4 Å². The minimum atomic E-state index is -1.34. The van der Waals surface area contributed by atoms with Crippen molar-refractivity contribution in [2.45, 2.75) is 31.1 Å². The maximum Gasteiger partial charge on any atom is 0.254 e. The molecule has 2 aromatic rings. The Morgan fingerprint density at radius 1 is 0.963 bits per heavy atom. The molecule has 5 rings (SSSR count). The first-order chi connectivity index (χ1) is 12.9. The van der Waals surface area contributed by atoms with Crippen LogP contribution in [0.25, 0.3) is 0 Å². The standard InChI is InChI=1S/C21H18N2O4/c1-19-13-20(12-16(24)23(18(20)26)15-10-6-3-7-11-15)21(27-19,22-17(19)25)14-8-4-2-5-9-14/h2-11H,12-13H2,1H3,(H,22,25). The van der Waals surface area contributed by atoms with Gasteiger partial charge in [0.05, 0.1) is 5.69 Å². The molecule has 3 amide bonds. The maximum absolute atomic E-state index is 13.6. The molecule has 0 radical (unpaired) electrons. The Labute approximate surface area is 156 Å². The van der Waals surface area contributed by atoms with Gasteiger partial charge in [0.25, 0.3) is 5.91 Å². The molecule has 6 nitrogen and oxygen atoms in total. The number of anilines is 1. The molecule has 3 atom stereocenters. The number of piperidine rings is 1. The fraction of sp³-hybridized carbons (Fsp3) is 0.286. The van der Waals surface area contributed by atoms with Gasteiger partial charge < -0.3 is 10.1 Å². The summed E-state index contributed by atoms with van der Waals surface area (Å²) in [6.07, 6.45) is 0.167. The highest BCUT2D eigenvalue weighted by molar-refractivity contribution is 6.23. The number of amides is 3. The highest BCUT2D eigenvalue weighted by atomic mass is 16.6. The average Bonchev–Trinajstić information content (AvgIpc) is 3.19. The van der Waals surface area contributed by atoms with E-state index in [1.807, 2.05) is 36.4 Å². The molecule has 0 saturated carbocycles. The van der Waals surface area contributed by atoms with E-state index in [2.05, 4.69) is 5.32 Å². The molecule has 3 aliphatic rings. The SMILES string of the molecule is CC12CC3(CC(=O)N(c4ccccc4)C3=O)C(c3ccccc3)(NC1=O)O2. The van der Waals surface area contributed by atoms with Gasteiger partial charge >= 0.3 is 0 Å². The van der Waals surface area contributed by atoms with E-state index in [0.29, 0.717) is 11.3 Å². The van der Waals surface area contributed by atoms with Crippen molar-refractivity contribution in [1.29, 1.82) is 0 Å². The summed E-state index contributed by atoms with van der Waals surface area (Å²) in [5.41, 5.74) is -2.43. The summed E-state index contributed by atoms with van der Waals surface area (Å²) in [6.45, 7) is 1.69. The number of carbonyl (C=O) groups excluding carboxylic acids is 3. The van der Waals surface area contributed by atoms with E-state index < -0.39 is 16.7 Å². The molecular formula is C21H18N2O4. The number of imide groups is 1. The molecular weight excluding hydrogens is 344 g/mol. The zero-order valence-electron chi connectivity index (χ0n) is 14.8. The van der Waals surface area contributed by atoms with Crippen LogP contribution in [0.2, 0.25) is 0 Å². The van der Waals surface area contributed by atoms with E-state index in [-0.39, 0.29) is 30.6 Å². The molecule has 3 unspecified atom stereocenters. The van der Waals surface area contributed by atoms with E-state index in [4.69, 9.17) is 4.74 Å². The third kappa shape index (κ3) is 1.85. The van der Waals surface area contributed by atoms with Gasteiger partial charge in [-0.25, -0.2) is 4.90 Å². The zero-order chi connectivity index (χ0) is 18.9. The second kappa shape index (κ2) is 5.04. The lowest BCUT2D eigenvalue weighted by atomic mass is 9.67. The van der Waals surface area contributed by atoms with E-state index in [1.165, 1.54) is 4.90 Å². The number of rotatable bonds is 2. The second-order valence-corrected chi connectivity index (χ2v) is 7.64. The number of nitrogens with zero attached hydrogens (tertiary/aromatic N) is 1. The molecule has 3 fully saturated rings. The van der Waals surface area contributed by atoms with Crippen molar-refractivity contribution in [2.24, 2.45) is 5.41 Å². The molecule has 2 bridgehead atoms. The number of benzene rings is 2. The normalized spacial score (nSPS) is 34.6. The topological polar surface area (TPSA) is 75.7 Å². The van der Waals surface area contributed by atoms with Gasteiger partial charge in [-0.15, -0.1) is 0 Å². The average molecular weight is 362 g/mol. The van der Waals surface area contributed by atoms with Crippen molar-refractivity contribution in [1.82, 2.24) is 5.32 Å². The first-order valence-electron chi connectivity index (χ1n) is 8.93. The number of para-hydroxylation sites is 1. The van der Waals surface area contributed by atoms with Gasteiger partial charge in [0.15, 0.2) is 5.72 Å². The van der Waals surface area contributed by atoms with Gasteiger partial charge in [0.2, 0.25) is 11.8 Å². The predicted molar refractivity (Wildman–Crippen MR) is 96.4 cm³/mol. The summed E-state index contributed by atoms with van der Waals surface area (Å²) in [6, 6.07) is 18.0. The number of nitrogens with one attached hydrogen (secondary N) is 1. The molecule has 0 aliphatic carbocycles. The molecule has 1 N–H and O–H groups in total. The third-order valence-electron chi connectivity index (χ3n) is 5.97. The van der Waals surface area contributed by atoms with E-state index >= 15 is 0 Å². The molecule has 3 saturated heterocycles. The Balaban J connectivity index is 1.69. The lowest BCUT2D eigenvalue weighted by molar-refractivity contribution is -0.141. The van der Waals surface area contributed by atoms with Crippen LogP contribution in [0.5, 0.6) is 0 Å². The third-order valence-corrected chi connectivity index (χ3v) is 5.97. The van der Waals surface area contributed by atoms with Crippen LogP contribution in [0.4, 0.5) is 5.69 Å². The molecule has 136 valence electrons. The maximum atomic E-state index is 13.6. The smallest absolute Gasteiger partial charge is 0.254 e. The zero-order valence-corrected chi connectivity index (χ0v) is 14.8. The predicted octanol–water partition coefficient (Wildman–Crippen LogP) is 2.10. The number of hydrogen-bond acceptors (Lipinski definition) is 4. The summed E-state index contributed by atoms with van der Waals surface area (Å²) in [4.78, 5) is 40.3. The van der Waals surface area contributed by atoms with Crippen molar-refractivity contribution in [3.63, 3.8) is 0 Å². The van der Waals surface area contributed by atoms with E-state index in [0.717, 1.165) is 0 Å². The quantitative estimate of drug-likeness (QED) is 0.830. The number of hydrogen-bond donors (Lipinski definition) is 1. The van der Waals surface area contributed by atoms with Crippen LogP contribution in [0.3, 0.4) is 0 Å². The largest absolute Gasteiger partial charge is 0.334 e. The lowest BCUT2D eigenvalue weighted by Crippen LogP contribution is -2.59. The summed E-state index contributed by atoms with van der Waals surface area (Å²) in [5, 5.41) is 2.92. The molecule has 2 aromatic carbocycles. The fourth-order valence-corrected chi connectivity index (χ4v) is 4.81. The van der Waals surface area contributed by atoms with Gasteiger partial charge in [0, 0.05) is 18.4 Å². The molecule has 27 heavy (non-hydrogen) atoms. The Morgan fingerprint density at radius 2 is 1.59 bits per heavy atom. The molecule has 0 aromatic heterocycles. The van der Waals surface area contributed by atoms with Gasteiger partial charge in [-0.2, -0.15) is 0 Å². The van der Waals surface area contributed by atoms with Crippen molar-refractivity contribution in [3.8, 4) is 0 Å². The van der Waals surface area contributed by atoms with Gasteiger partial charge in [-0.05, 0) is 19.1 Å². The van der Waals surface area contributed by atoms with Crippen molar-refractivity contribution >= 4 is 23.4 Å². The highest BCUT2D eigenvalue weighted by Gasteiger charge is 2.78. The number of fused-ring (bicyclic) bond motifs is 3. The number of ether oxygens (including phenoxy) is 1. The molecule has 3 heterocycles. The van der Waals surface area contributed by atoms with Crippen LogP contribution >= 0.6 is 0 Å². The minimum absolute atomic E-state index is 0.00844. The first-order valence-corrected chi connectivity index (χ1v) is 8.93. The van der Waals surface area contributed by atoms with Crippen molar-refractivity contribution in [3.05, 3.63) is 66.2 Å². The Kier molecular flexibility index (Phi) is 3.03. The van der Waals surface area contributed by atoms with Crippen LogP contribution in [-0.2, 0) is 24.8 Å². The fourth-order valence-electron chi connectivity index (χ4n) is 4.81. The van der Waals surface area contributed by atoms with E-state index in [9.17, 15) is 14.4 Å². The summed E-state index contributed by atoms with van der Waals surface area (Å²) in [7, 11) is 0. The van der Waals surface area contributed by atoms with Crippen LogP contribution < -0.4 is 10.2 Å². The Morgan fingerprint density at radius 3 is 2.22 bits per heavy atom. The van der Waals surface area contributed by atoms with Crippen LogP contribution in [0.1, 0.15) is 25.3 Å². The minimum Gasteiger partial charge on any atom is -0.334 e. The summed E-state index contributed by atoms with van der Waals surface area (Å²) < 4.78 is 6.23. The summed E-state index contributed by atoms with van der Waals surface area (Å²) in [5.74, 6) is -0.864. The van der Waals surface area contributed by atoms with Crippen molar-refractivity contribution in [2.75, 3.05) is 4.90 Å². The van der Waals surface area contributed by atoms with Crippen LogP contribution in [0, 0.1) is 5.41 Å². The first kappa shape index (κ1) is 16.2. The molecule has 1 spiro atoms. The van der Waals surface area contributed by atoms with Crippen LogP contribution in [0.15, 0.2) is 60.7 Å². The highest BCUT2D eigenvalue weighted by Crippen LogP contribution is 2.63. The Bertz CT molecular complexity index is 976. The van der Waals surface area contributed by atoms with Gasteiger partial charge in [-0.1, -0.05) is 48.5 Å². The monoisotopic (exact) mass is 362 g/mol. The van der Waals surface area contributed by atoms with Crippen LogP contribution in [-0.4, -0.2) is 23.3 Å². The van der Waals surface area contributed by atoms with Gasteiger partial charge in [0.1, 0.15) is 11.0 Å². The lowest BCUT2D eigenvalue weighted by Gasteiger charge is -2.40. The number of carbonyl (C=O) groups is 3. The Hall–Kier alpha value is -2.99. The molecule has 6 heteroatoms.